The van der Waals surface area contributed by atoms with Crippen LogP contribution in [0.15, 0.2) is 85.1 Å². The maximum atomic E-state index is 14.0. The zero-order chi connectivity index (χ0) is 36.4. The smallest absolute Gasteiger partial charge is 0.307 e. The molecule has 5 aromatic rings. The van der Waals surface area contributed by atoms with Crippen molar-refractivity contribution < 1.29 is 23.9 Å². The molecule has 2 amide bonds. The zero-order valence-electron chi connectivity index (χ0n) is 29.9. The average Bonchev–Trinajstić information content (AvgIpc) is 3.96. The summed E-state index contributed by atoms with van der Waals surface area (Å²) in [7, 11) is 0. The molecule has 7 rings (SSSR count). The Morgan fingerprint density at radius 1 is 0.846 bits per heavy atom. The Bertz CT molecular complexity index is 2080. The van der Waals surface area contributed by atoms with Crippen LogP contribution in [0.4, 0.5) is 0 Å². The van der Waals surface area contributed by atoms with E-state index < -0.39 is 17.9 Å². The number of aromatic nitrogens is 3. The summed E-state index contributed by atoms with van der Waals surface area (Å²) in [6.07, 6.45) is 4.92. The number of nitrogens with zero attached hydrogens (tertiary/aromatic N) is 3. The van der Waals surface area contributed by atoms with Crippen molar-refractivity contribution in [1.29, 1.82) is 0 Å². The molecule has 2 N–H and O–H groups in total. The number of amides is 2. The van der Waals surface area contributed by atoms with Gasteiger partial charge in [-0.15, -0.1) is 0 Å². The normalized spacial score (nSPS) is 17.9. The van der Waals surface area contributed by atoms with E-state index in [1.54, 1.807) is 25.7 Å². The van der Waals surface area contributed by atoms with Gasteiger partial charge < -0.3 is 24.5 Å². The number of imidazole rings is 1. The third-order valence-corrected chi connectivity index (χ3v) is 10.3. The summed E-state index contributed by atoms with van der Waals surface area (Å²) >= 11 is 0. The third-order valence-electron chi connectivity index (χ3n) is 10.3. The molecule has 0 unspecified atom stereocenters. The number of ether oxygens (including phenoxy) is 1. The van der Waals surface area contributed by atoms with Crippen LogP contribution in [-0.2, 0) is 30.3 Å². The highest BCUT2D eigenvalue weighted by atomic mass is 16.5. The van der Waals surface area contributed by atoms with E-state index in [1.165, 1.54) is 0 Å². The van der Waals surface area contributed by atoms with Gasteiger partial charge in [0.15, 0.2) is 5.78 Å². The molecule has 0 radical (unpaired) electrons. The van der Waals surface area contributed by atoms with E-state index in [4.69, 9.17) is 4.74 Å². The molecular formula is C42H45N5O5. The molecule has 10 nitrogen and oxygen atoms in total. The van der Waals surface area contributed by atoms with Gasteiger partial charge >= 0.3 is 5.97 Å². The topological polar surface area (TPSA) is 128 Å². The van der Waals surface area contributed by atoms with Gasteiger partial charge in [0.2, 0.25) is 11.8 Å². The summed E-state index contributed by atoms with van der Waals surface area (Å²) in [5, 5.41) is 1.00. The predicted molar refractivity (Wildman–Crippen MR) is 199 cm³/mol. The van der Waals surface area contributed by atoms with Gasteiger partial charge in [-0.25, -0.2) is 4.98 Å². The number of fused-ring (bicyclic) bond motifs is 1. The molecule has 3 aromatic carbocycles. The number of benzene rings is 3. The molecule has 0 bridgehead atoms. The van der Waals surface area contributed by atoms with Gasteiger partial charge in [-0.3, -0.25) is 19.2 Å². The number of rotatable bonds is 11. The lowest BCUT2D eigenvalue weighted by Crippen LogP contribution is -2.44. The number of hydrogen-bond donors (Lipinski definition) is 2. The van der Waals surface area contributed by atoms with E-state index >= 15 is 0 Å². The van der Waals surface area contributed by atoms with E-state index in [0.717, 1.165) is 76.2 Å². The predicted octanol–water partition coefficient (Wildman–Crippen LogP) is 7.14. The van der Waals surface area contributed by atoms with Crippen molar-refractivity contribution in [3.63, 3.8) is 0 Å². The highest BCUT2D eigenvalue weighted by Gasteiger charge is 2.38. The molecule has 2 aliphatic rings. The summed E-state index contributed by atoms with van der Waals surface area (Å²) in [4.78, 5) is 67.6. The molecule has 3 atom stereocenters. The lowest BCUT2D eigenvalue weighted by Gasteiger charge is -2.28. The van der Waals surface area contributed by atoms with Crippen molar-refractivity contribution in [2.24, 2.45) is 0 Å². The van der Waals surface area contributed by atoms with Crippen molar-refractivity contribution in [2.45, 2.75) is 83.4 Å². The van der Waals surface area contributed by atoms with Crippen LogP contribution >= 0.6 is 0 Å². The summed E-state index contributed by atoms with van der Waals surface area (Å²) < 4.78 is 5.39. The maximum Gasteiger partial charge on any atom is 0.307 e. The Balaban J connectivity index is 1.03. The van der Waals surface area contributed by atoms with Crippen LogP contribution in [0.2, 0.25) is 0 Å². The van der Waals surface area contributed by atoms with Crippen molar-refractivity contribution in [3.05, 3.63) is 102 Å². The molecule has 2 fully saturated rings. The average molecular weight is 700 g/mol. The Labute approximate surface area is 303 Å². The van der Waals surface area contributed by atoms with Gasteiger partial charge in [0.1, 0.15) is 5.82 Å². The van der Waals surface area contributed by atoms with Gasteiger partial charge in [-0.05, 0) is 80.0 Å². The summed E-state index contributed by atoms with van der Waals surface area (Å²) in [6, 6.07) is 25.1. The van der Waals surface area contributed by atoms with Gasteiger partial charge in [0.05, 0.1) is 42.4 Å². The van der Waals surface area contributed by atoms with Crippen LogP contribution in [-0.4, -0.2) is 73.6 Å². The Kier molecular flexibility index (Phi) is 10.1. The molecule has 2 aromatic heterocycles. The number of ketones is 1. The SMILES string of the molecule is CC(=O)N1CCC[C@H]1c1ncc(-c2ccc(-c3cc4cc(CC(=O)[C@@H]5CCCN5C(=O)[C@H](CC(=O)OC(C)C)c5ccccc5)ccc4[nH]3)cc2)[nH]1. The molecule has 10 heteroatoms. The standard InChI is InChI=1S/C42H45N5O5/c1-26(2)52-40(50)24-33(29-9-5-4-6-10-29)42(51)47-20-7-11-37(47)39(49)22-28-13-18-34-32(21-28)23-35(44-34)30-14-16-31(17-15-30)36-25-43-41(45-36)38-12-8-19-46(38)27(3)48/h4-6,9-10,13-18,21,23,25-26,33,37-38,44H,7-8,11-12,19-20,22,24H2,1-3H3,(H,43,45)/t33-,37+,38+/m1/s1. The zero-order valence-corrected chi connectivity index (χ0v) is 29.9. The van der Waals surface area contributed by atoms with E-state index in [1.807, 2.05) is 59.6 Å². The monoisotopic (exact) mass is 699 g/mol. The van der Waals surface area contributed by atoms with Crippen LogP contribution in [0.3, 0.4) is 0 Å². The summed E-state index contributed by atoms with van der Waals surface area (Å²) in [5.41, 5.74) is 6.52. The molecule has 268 valence electrons. The highest BCUT2D eigenvalue weighted by molar-refractivity contribution is 5.95. The molecule has 52 heavy (non-hydrogen) atoms. The van der Waals surface area contributed by atoms with E-state index in [0.29, 0.717) is 13.0 Å². The second-order valence-corrected chi connectivity index (χ2v) is 14.3. The third kappa shape index (κ3) is 7.42. The Hall–Kier alpha value is -5.51. The van der Waals surface area contributed by atoms with Gasteiger partial charge in [0.25, 0.3) is 0 Å². The minimum absolute atomic E-state index is 0.00277. The van der Waals surface area contributed by atoms with Crippen LogP contribution < -0.4 is 0 Å². The summed E-state index contributed by atoms with van der Waals surface area (Å²) in [5.74, 6) is -0.451. The number of esters is 1. The minimum Gasteiger partial charge on any atom is -0.463 e. The van der Waals surface area contributed by atoms with Crippen LogP contribution in [0.5, 0.6) is 0 Å². The van der Waals surface area contributed by atoms with E-state index in [9.17, 15) is 19.2 Å². The van der Waals surface area contributed by atoms with E-state index in [-0.39, 0.29) is 42.6 Å². The van der Waals surface area contributed by atoms with Crippen LogP contribution in [0.1, 0.15) is 81.8 Å². The number of Topliss-reactive ketones (excluding diaryl/α,β-unsaturated/α-hetero) is 1. The van der Waals surface area contributed by atoms with E-state index in [2.05, 4.69) is 45.3 Å². The van der Waals surface area contributed by atoms with Crippen molar-refractivity contribution in [2.75, 3.05) is 13.1 Å². The number of aromatic amines is 2. The summed E-state index contributed by atoms with van der Waals surface area (Å²) in [6.45, 7) is 6.43. The molecule has 4 heterocycles. The second kappa shape index (κ2) is 15.0. The van der Waals surface area contributed by atoms with Crippen molar-refractivity contribution in [3.8, 4) is 22.5 Å². The molecular weight excluding hydrogens is 654 g/mol. The first-order valence-electron chi connectivity index (χ1n) is 18.3. The van der Waals surface area contributed by atoms with Crippen molar-refractivity contribution in [1.82, 2.24) is 24.8 Å². The number of nitrogens with one attached hydrogen (secondary N) is 2. The first-order valence-corrected chi connectivity index (χ1v) is 18.3. The van der Waals surface area contributed by atoms with Gasteiger partial charge in [-0.2, -0.15) is 0 Å². The maximum absolute atomic E-state index is 14.0. The second-order valence-electron chi connectivity index (χ2n) is 14.3. The first-order chi connectivity index (χ1) is 25.1. The minimum atomic E-state index is -0.711. The highest BCUT2D eigenvalue weighted by Crippen LogP contribution is 2.33. The fraction of sp³-hybridized carbons (Fsp3) is 0.357. The molecule has 0 spiro atoms. The molecule has 2 saturated heterocycles. The fourth-order valence-corrected chi connectivity index (χ4v) is 7.75. The Morgan fingerprint density at radius 3 is 2.29 bits per heavy atom. The lowest BCUT2D eigenvalue weighted by atomic mass is 9.93. The number of hydrogen-bond acceptors (Lipinski definition) is 6. The van der Waals surface area contributed by atoms with Crippen LogP contribution in [0, 0.1) is 0 Å². The lowest BCUT2D eigenvalue weighted by molar-refractivity contribution is -0.150. The van der Waals surface area contributed by atoms with Crippen molar-refractivity contribution >= 4 is 34.5 Å². The molecule has 0 saturated carbocycles. The van der Waals surface area contributed by atoms with Gasteiger partial charge in [0, 0.05) is 43.0 Å². The number of H-pyrrole nitrogens is 2. The largest absolute Gasteiger partial charge is 0.463 e. The number of carbonyl (C=O) groups is 4. The first kappa shape index (κ1) is 34.9. The van der Waals surface area contributed by atoms with Crippen LogP contribution in [0.25, 0.3) is 33.4 Å². The quantitative estimate of drug-likeness (QED) is 0.141. The number of likely N-dealkylation sites (tertiary alicyclic amines) is 2. The molecule has 0 aliphatic carbocycles. The Morgan fingerprint density at radius 2 is 1.56 bits per heavy atom. The fourth-order valence-electron chi connectivity index (χ4n) is 7.75. The van der Waals surface area contributed by atoms with Gasteiger partial charge in [-0.1, -0.05) is 60.7 Å². The number of carbonyl (C=O) groups excluding carboxylic acids is 4. The molecule has 2 aliphatic heterocycles.